The minimum atomic E-state index is -3.38. The second-order valence-corrected chi connectivity index (χ2v) is 6.98. The van der Waals surface area contributed by atoms with Crippen LogP contribution in [0.25, 0.3) is 0 Å². The number of hydrogen-bond acceptors (Lipinski definition) is 3. The summed E-state index contributed by atoms with van der Waals surface area (Å²) in [7, 11) is -3.38. The highest BCUT2D eigenvalue weighted by molar-refractivity contribution is 9.10. The lowest BCUT2D eigenvalue weighted by Crippen LogP contribution is -2.51. The van der Waals surface area contributed by atoms with Crippen LogP contribution in [0, 0.1) is 5.41 Å². The van der Waals surface area contributed by atoms with Gasteiger partial charge in [-0.1, -0.05) is 0 Å². The SMILES string of the molecule is O=S(=O)(c1ccc(Br)o1)N1CC2(CC2)C1. The molecule has 1 spiro atoms. The topological polar surface area (TPSA) is 50.5 Å². The van der Waals surface area contributed by atoms with Crippen molar-refractivity contribution in [2.24, 2.45) is 5.41 Å². The first-order valence-electron chi connectivity index (χ1n) is 4.77. The van der Waals surface area contributed by atoms with Gasteiger partial charge in [0, 0.05) is 13.1 Å². The van der Waals surface area contributed by atoms with E-state index in [4.69, 9.17) is 4.42 Å². The molecule has 0 radical (unpaired) electrons. The highest BCUT2D eigenvalue weighted by atomic mass is 79.9. The van der Waals surface area contributed by atoms with E-state index in [0.717, 1.165) is 0 Å². The van der Waals surface area contributed by atoms with E-state index >= 15 is 0 Å². The normalized spacial score (nSPS) is 24.1. The monoisotopic (exact) mass is 291 g/mol. The maximum absolute atomic E-state index is 12.0. The predicted octanol–water partition coefficient (Wildman–Crippen LogP) is 1.83. The van der Waals surface area contributed by atoms with E-state index in [-0.39, 0.29) is 5.09 Å². The van der Waals surface area contributed by atoms with E-state index in [9.17, 15) is 8.42 Å². The zero-order valence-electron chi connectivity index (χ0n) is 7.94. The van der Waals surface area contributed by atoms with Crippen molar-refractivity contribution in [1.29, 1.82) is 0 Å². The van der Waals surface area contributed by atoms with Crippen LogP contribution in [-0.2, 0) is 10.0 Å². The molecular weight excluding hydrogens is 282 g/mol. The maximum Gasteiger partial charge on any atom is 0.276 e. The van der Waals surface area contributed by atoms with Gasteiger partial charge in [0.2, 0.25) is 5.09 Å². The van der Waals surface area contributed by atoms with Gasteiger partial charge >= 0.3 is 0 Å². The van der Waals surface area contributed by atoms with Gasteiger partial charge in [0.15, 0.2) is 4.67 Å². The van der Waals surface area contributed by atoms with Crippen LogP contribution in [0.15, 0.2) is 26.3 Å². The van der Waals surface area contributed by atoms with Gasteiger partial charge in [-0.05, 0) is 46.3 Å². The van der Waals surface area contributed by atoms with E-state index in [1.807, 2.05) is 0 Å². The van der Waals surface area contributed by atoms with Gasteiger partial charge in [0.05, 0.1) is 0 Å². The summed E-state index contributed by atoms with van der Waals surface area (Å²) in [5.41, 5.74) is 0.330. The predicted molar refractivity (Wildman–Crippen MR) is 56.8 cm³/mol. The number of furan rings is 1. The van der Waals surface area contributed by atoms with Crippen LogP contribution < -0.4 is 0 Å². The zero-order valence-corrected chi connectivity index (χ0v) is 10.3. The van der Waals surface area contributed by atoms with Gasteiger partial charge in [-0.25, -0.2) is 8.42 Å². The summed E-state index contributed by atoms with van der Waals surface area (Å²) < 4.78 is 30.9. The Balaban J connectivity index is 1.85. The Morgan fingerprint density at radius 1 is 1.33 bits per heavy atom. The van der Waals surface area contributed by atoms with Crippen molar-refractivity contribution in [2.45, 2.75) is 17.9 Å². The number of rotatable bonds is 2. The molecule has 6 heteroatoms. The third-order valence-electron chi connectivity index (χ3n) is 3.12. The fourth-order valence-electron chi connectivity index (χ4n) is 1.93. The highest BCUT2D eigenvalue weighted by Gasteiger charge is 2.56. The molecule has 1 aliphatic carbocycles. The van der Waals surface area contributed by atoms with Crippen molar-refractivity contribution in [2.75, 3.05) is 13.1 Å². The molecule has 0 bridgehead atoms. The molecule has 2 fully saturated rings. The average Bonchev–Trinajstić information content (AvgIpc) is 2.80. The molecule has 0 unspecified atom stereocenters. The molecule has 2 aliphatic rings. The second kappa shape index (κ2) is 2.87. The summed E-state index contributed by atoms with van der Waals surface area (Å²) in [6.45, 7) is 1.32. The fraction of sp³-hybridized carbons (Fsp3) is 0.556. The van der Waals surface area contributed by atoms with E-state index in [1.54, 1.807) is 6.07 Å². The van der Waals surface area contributed by atoms with Gasteiger partial charge in [-0.3, -0.25) is 0 Å². The van der Waals surface area contributed by atoms with Gasteiger partial charge in [-0.2, -0.15) is 4.31 Å². The van der Waals surface area contributed by atoms with Crippen LogP contribution >= 0.6 is 15.9 Å². The third kappa shape index (κ3) is 1.46. The van der Waals surface area contributed by atoms with E-state index in [1.165, 1.54) is 23.2 Å². The van der Waals surface area contributed by atoms with E-state index in [2.05, 4.69) is 15.9 Å². The van der Waals surface area contributed by atoms with Gasteiger partial charge < -0.3 is 4.42 Å². The van der Waals surface area contributed by atoms with E-state index in [0.29, 0.717) is 23.2 Å². The first kappa shape index (κ1) is 9.86. The maximum atomic E-state index is 12.0. The molecule has 4 nitrogen and oxygen atoms in total. The van der Waals surface area contributed by atoms with Crippen molar-refractivity contribution in [3.05, 3.63) is 16.8 Å². The number of nitrogens with zero attached hydrogens (tertiary/aromatic N) is 1. The standard InChI is InChI=1S/C9H10BrNO3S/c10-7-1-2-8(14-7)15(12,13)11-5-9(6-11)3-4-9/h1-2H,3-6H2. The molecule has 15 heavy (non-hydrogen) atoms. The second-order valence-electron chi connectivity index (χ2n) is 4.33. The Bertz CT molecular complexity index is 495. The molecule has 1 saturated carbocycles. The number of hydrogen-bond donors (Lipinski definition) is 0. The lowest BCUT2D eigenvalue weighted by Gasteiger charge is -2.37. The summed E-state index contributed by atoms with van der Waals surface area (Å²) in [6, 6.07) is 3.08. The Kier molecular flexibility index (Phi) is 1.88. The molecule has 0 N–H and O–H groups in total. The van der Waals surface area contributed by atoms with Crippen LogP contribution in [-0.4, -0.2) is 25.8 Å². The first-order valence-corrected chi connectivity index (χ1v) is 7.01. The quantitative estimate of drug-likeness (QED) is 0.835. The number of sulfonamides is 1. The summed E-state index contributed by atoms with van der Waals surface area (Å²) in [4.78, 5) is 0. The fourth-order valence-corrected chi connectivity index (χ4v) is 3.92. The van der Waals surface area contributed by atoms with Crippen LogP contribution in [0.1, 0.15) is 12.8 Å². The van der Waals surface area contributed by atoms with Crippen molar-refractivity contribution >= 4 is 26.0 Å². The van der Waals surface area contributed by atoms with Crippen molar-refractivity contribution in [3.8, 4) is 0 Å². The molecule has 1 saturated heterocycles. The Morgan fingerprint density at radius 3 is 2.47 bits per heavy atom. The largest absolute Gasteiger partial charge is 0.437 e. The molecule has 1 aromatic heterocycles. The van der Waals surface area contributed by atoms with Gasteiger partial charge in [0.1, 0.15) is 0 Å². The zero-order chi connectivity index (χ0) is 10.7. The lowest BCUT2D eigenvalue weighted by molar-refractivity contribution is 0.175. The van der Waals surface area contributed by atoms with E-state index < -0.39 is 10.0 Å². The molecule has 2 heterocycles. The third-order valence-corrected chi connectivity index (χ3v) is 5.22. The molecule has 1 aliphatic heterocycles. The Hall–Kier alpha value is -0.330. The van der Waals surface area contributed by atoms with Crippen LogP contribution in [0.5, 0.6) is 0 Å². The Morgan fingerprint density at radius 2 is 2.00 bits per heavy atom. The van der Waals surface area contributed by atoms with Crippen molar-refractivity contribution in [1.82, 2.24) is 4.31 Å². The molecule has 0 amide bonds. The van der Waals surface area contributed by atoms with Crippen LogP contribution in [0.2, 0.25) is 0 Å². The molecule has 0 aromatic carbocycles. The van der Waals surface area contributed by atoms with Crippen LogP contribution in [0.4, 0.5) is 0 Å². The molecule has 3 rings (SSSR count). The minimum absolute atomic E-state index is 0.0323. The summed E-state index contributed by atoms with van der Waals surface area (Å²) in [5, 5.41) is 0.0323. The average molecular weight is 292 g/mol. The lowest BCUT2D eigenvalue weighted by atomic mass is 10.0. The summed E-state index contributed by atoms with van der Waals surface area (Å²) in [6.07, 6.45) is 2.34. The molecular formula is C9H10BrNO3S. The van der Waals surface area contributed by atoms with Crippen LogP contribution in [0.3, 0.4) is 0 Å². The molecule has 82 valence electrons. The van der Waals surface area contributed by atoms with Gasteiger partial charge in [0.25, 0.3) is 10.0 Å². The Labute approximate surface area is 96.4 Å². The summed E-state index contributed by atoms with van der Waals surface area (Å²) >= 11 is 3.10. The highest BCUT2D eigenvalue weighted by Crippen LogP contribution is 2.54. The molecule has 0 atom stereocenters. The molecule has 1 aromatic rings. The van der Waals surface area contributed by atoms with Gasteiger partial charge in [-0.15, -0.1) is 0 Å². The smallest absolute Gasteiger partial charge is 0.276 e. The van der Waals surface area contributed by atoms with Crippen molar-refractivity contribution in [3.63, 3.8) is 0 Å². The van der Waals surface area contributed by atoms with Crippen molar-refractivity contribution < 1.29 is 12.8 Å². The number of halogens is 1. The minimum Gasteiger partial charge on any atom is -0.437 e. The first-order chi connectivity index (χ1) is 7.02. The summed E-state index contributed by atoms with van der Waals surface area (Å²) in [5.74, 6) is 0.